The Morgan fingerprint density at radius 1 is 1.11 bits per heavy atom. The zero-order chi connectivity index (χ0) is 19.7. The number of rotatable bonds is 5. The van der Waals surface area contributed by atoms with Crippen molar-refractivity contribution in [1.82, 2.24) is 9.78 Å². The van der Waals surface area contributed by atoms with Crippen molar-refractivity contribution >= 4 is 11.6 Å². The lowest BCUT2D eigenvalue weighted by Gasteiger charge is -2.31. The van der Waals surface area contributed by atoms with Crippen molar-refractivity contribution < 1.29 is 4.79 Å². The molecule has 0 radical (unpaired) electrons. The molecule has 4 heteroatoms. The molecule has 0 spiro atoms. The minimum Gasteiger partial charge on any atom is -0.363 e. The fourth-order valence-corrected chi connectivity index (χ4v) is 4.10. The maximum atomic E-state index is 13.2. The maximum absolute atomic E-state index is 13.2. The molecule has 0 saturated heterocycles. The molecule has 2 unspecified atom stereocenters. The maximum Gasteiger partial charge on any atom is 0.169 e. The number of nitrogens with zero attached hydrogens (tertiary/aromatic N) is 2. The van der Waals surface area contributed by atoms with Crippen LogP contribution in [0.4, 0.5) is 5.82 Å². The van der Waals surface area contributed by atoms with E-state index < -0.39 is 0 Å². The smallest absolute Gasteiger partial charge is 0.169 e. The van der Waals surface area contributed by atoms with Gasteiger partial charge in [-0.05, 0) is 29.9 Å². The monoisotopic (exact) mass is 373 g/mol. The van der Waals surface area contributed by atoms with Gasteiger partial charge >= 0.3 is 0 Å². The molecule has 4 nitrogen and oxygen atoms in total. The lowest BCUT2D eigenvalue weighted by atomic mass is 9.79. The van der Waals surface area contributed by atoms with Crippen molar-refractivity contribution in [3.63, 3.8) is 0 Å². The van der Waals surface area contributed by atoms with Gasteiger partial charge in [-0.2, -0.15) is 5.10 Å². The Kier molecular flexibility index (Phi) is 4.80. The van der Waals surface area contributed by atoms with Crippen LogP contribution in [0.5, 0.6) is 0 Å². The molecule has 144 valence electrons. The van der Waals surface area contributed by atoms with Gasteiger partial charge in [-0.3, -0.25) is 4.79 Å². The molecule has 3 aromatic rings. The number of ketones is 1. The predicted octanol–water partition coefficient (Wildman–Crippen LogP) is 5.55. The number of carbonyl (C=O) groups is 1. The van der Waals surface area contributed by atoms with E-state index in [1.54, 1.807) is 6.20 Å². The Bertz CT molecular complexity index is 960. The summed E-state index contributed by atoms with van der Waals surface area (Å²) >= 11 is 0. The molecular weight excluding hydrogens is 346 g/mol. The summed E-state index contributed by atoms with van der Waals surface area (Å²) in [5.74, 6) is 0.977. The number of hydrogen-bond donors (Lipinski definition) is 1. The van der Waals surface area contributed by atoms with E-state index in [0.717, 1.165) is 12.2 Å². The van der Waals surface area contributed by atoms with Gasteiger partial charge in [0, 0.05) is 6.42 Å². The van der Waals surface area contributed by atoms with Crippen molar-refractivity contribution in [2.45, 2.75) is 51.1 Å². The van der Waals surface area contributed by atoms with E-state index in [4.69, 9.17) is 0 Å². The van der Waals surface area contributed by atoms with Gasteiger partial charge in [-0.25, -0.2) is 4.68 Å². The van der Waals surface area contributed by atoms with E-state index in [0.29, 0.717) is 12.0 Å². The number of Topliss-reactive ketones (excluding diaryl/α,β-unsaturated/α-hetero) is 1. The van der Waals surface area contributed by atoms with Gasteiger partial charge in [0.25, 0.3) is 0 Å². The molecule has 0 amide bonds. The fraction of sp³-hybridized carbons (Fsp3) is 0.333. The number of fused-ring (bicyclic) bond motifs is 1. The first kappa shape index (κ1) is 18.5. The summed E-state index contributed by atoms with van der Waals surface area (Å²) in [5, 5.41) is 8.10. The standard InChI is InChI=1S/C24H27N3O/c1-17-14-21(18-10-6-4-7-11-18)26-23-20(16-25-27(17)23)22(28)15-24(2,3)19-12-8-5-9-13-19/h4-13,16-17,21,26H,14-15H2,1-3H3. The molecule has 0 bridgehead atoms. The number of nitrogens with one attached hydrogen (secondary N) is 1. The molecule has 1 aliphatic rings. The third-order valence-corrected chi connectivity index (χ3v) is 5.76. The topological polar surface area (TPSA) is 46.9 Å². The molecular formula is C24H27N3O. The van der Waals surface area contributed by atoms with Crippen molar-refractivity contribution in [2.24, 2.45) is 0 Å². The van der Waals surface area contributed by atoms with Crippen LogP contribution in [0.25, 0.3) is 0 Å². The molecule has 1 aliphatic heterocycles. The summed E-state index contributed by atoms with van der Waals surface area (Å²) in [6, 6.07) is 21.1. The van der Waals surface area contributed by atoms with Crippen molar-refractivity contribution in [3.05, 3.63) is 83.6 Å². The van der Waals surface area contributed by atoms with Crippen LogP contribution < -0.4 is 5.32 Å². The minimum absolute atomic E-state index is 0.128. The van der Waals surface area contributed by atoms with Gasteiger partial charge in [0.2, 0.25) is 0 Å². The predicted molar refractivity (Wildman–Crippen MR) is 113 cm³/mol. The quantitative estimate of drug-likeness (QED) is 0.596. The molecule has 2 heterocycles. The van der Waals surface area contributed by atoms with Crippen LogP contribution in [0, 0.1) is 0 Å². The van der Waals surface area contributed by atoms with Gasteiger partial charge in [-0.1, -0.05) is 74.5 Å². The molecule has 0 aliphatic carbocycles. The summed E-state index contributed by atoms with van der Waals surface area (Å²) in [6.07, 6.45) is 3.12. The number of hydrogen-bond acceptors (Lipinski definition) is 3. The summed E-state index contributed by atoms with van der Waals surface area (Å²) < 4.78 is 1.96. The Morgan fingerprint density at radius 2 is 1.75 bits per heavy atom. The second-order valence-corrected chi connectivity index (χ2v) is 8.39. The van der Waals surface area contributed by atoms with E-state index >= 15 is 0 Å². The minimum atomic E-state index is -0.230. The van der Waals surface area contributed by atoms with Crippen LogP contribution in [0.1, 0.15) is 67.2 Å². The SMILES string of the molecule is CC1CC(c2ccccc2)Nc2c(C(=O)CC(C)(C)c3ccccc3)cnn21. The second kappa shape index (κ2) is 7.27. The number of carbonyl (C=O) groups excluding carboxylic acids is 1. The Hall–Kier alpha value is -2.88. The van der Waals surface area contributed by atoms with Crippen molar-refractivity contribution in [3.8, 4) is 0 Å². The molecule has 2 aromatic carbocycles. The van der Waals surface area contributed by atoms with Gasteiger partial charge in [-0.15, -0.1) is 0 Å². The zero-order valence-electron chi connectivity index (χ0n) is 16.7. The van der Waals surface area contributed by atoms with Crippen molar-refractivity contribution in [1.29, 1.82) is 0 Å². The van der Waals surface area contributed by atoms with Gasteiger partial charge in [0.1, 0.15) is 5.82 Å². The van der Waals surface area contributed by atoms with Crippen molar-refractivity contribution in [2.75, 3.05) is 5.32 Å². The molecule has 0 saturated carbocycles. The third-order valence-electron chi connectivity index (χ3n) is 5.76. The van der Waals surface area contributed by atoms with E-state index in [9.17, 15) is 4.79 Å². The van der Waals surface area contributed by atoms with Crippen LogP contribution in [0.15, 0.2) is 66.9 Å². The first-order chi connectivity index (χ1) is 13.5. The number of aromatic nitrogens is 2. The summed E-state index contributed by atoms with van der Waals surface area (Å²) in [6.45, 7) is 6.41. The van der Waals surface area contributed by atoms with Gasteiger partial charge in [0.15, 0.2) is 5.78 Å². The van der Waals surface area contributed by atoms with E-state index in [-0.39, 0.29) is 23.3 Å². The van der Waals surface area contributed by atoms with Crippen LogP contribution in [0.2, 0.25) is 0 Å². The molecule has 2 atom stereocenters. The van der Waals surface area contributed by atoms with E-state index in [2.05, 4.69) is 67.6 Å². The van der Waals surface area contributed by atoms with Crippen LogP contribution >= 0.6 is 0 Å². The average molecular weight is 374 g/mol. The highest BCUT2D eigenvalue weighted by atomic mass is 16.1. The van der Waals surface area contributed by atoms with Crippen LogP contribution in [-0.4, -0.2) is 15.6 Å². The lowest BCUT2D eigenvalue weighted by Crippen LogP contribution is -2.27. The largest absolute Gasteiger partial charge is 0.363 e. The first-order valence-corrected chi connectivity index (χ1v) is 9.93. The van der Waals surface area contributed by atoms with Crippen LogP contribution in [0.3, 0.4) is 0 Å². The highest BCUT2D eigenvalue weighted by Gasteiger charge is 2.32. The molecule has 28 heavy (non-hydrogen) atoms. The van der Waals surface area contributed by atoms with E-state index in [1.807, 2.05) is 28.9 Å². The number of benzene rings is 2. The summed E-state index contributed by atoms with van der Waals surface area (Å²) in [7, 11) is 0. The zero-order valence-corrected chi connectivity index (χ0v) is 16.7. The highest BCUT2D eigenvalue weighted by molar-refractivity contribution is 6.01. The average Bonchev–Trinajstić information content (AvgIpc) is 3.14. The molecule has 1 N–H and O–H groups in total. The normalized spacial score (nSPS) is 19.0. The lowest BCUT2D eigenvalue weighted by molar-refractivity contribution is 0.0958. The second-order valence-electron chi connectivity index (χ2n) is 8.39. The molecule has 4 rings (SSSR count). The fourth-order valence-electron chi connectivity index (χ4n) is 4.10. The van der Waals surface area contributed by atoms with Gasteiger partial charge < -0.3 is 5.32 Å². The number of anilines is 1. The summed E-state index contributed by atoms with van der Waals surface area (Å²) in [5.41, 5.74) is 2.88. The Morgan fingerprint density at radius 3 is 2.43 bits per heavy atom. The summed E-state index contributed by atoms with van der Waals surface area (Å²) in [4.78, 5) is 13.2. The highest BCUT2D eigenvalue weighted by Crippen LogP contribution is 2.38. The first-order valence-electron chi connectivity index (χ1n) is 9.93. The molecule has 0 fully saturated rings. The van der Waals surface area contributed by atoms with Gasteiger partial charge in [0.05, 0.1) is 23.8 Å². The Balaban J connectivity index is 1.60. The molecule has 1 aromatic heterocycles. The van der Waals surface area contributed by atoms with E-state index in [1.165, 1.54) is 11.1 Å². The Labute approximate surface area is 166 Å². The van der Waals surface area contributed by atoms with Crippen LogP contribution in [-0.2, 0) is 5.41 Å². The third kappa shape index (κ3) is 3.47.